The molecule has 0 radical (unpaired) electrons. The quantitative estimate of drug-likeness (QED) is 0.580. The molecule has 2 rings (SSSR count). The molecule has 0 saturated heterocycles. The van der Waals surface area contributed by atoms with Gasteiger partial charge in [0.1, 0.15) is 0 Å². The number of thiophene rings is 1. The van der Waals surface area contributed by atoms with E-state index in [4.69, 9.17) is 15.3 Å². The lowest BCUT2D eigenvalue weighted by atomic mass is 10.0. The van der Waals surface area contributed by atoms with Crippen LogP contribution in [0.5, 0.6) is 11.5 Å². The van der Waals surface area contributed by atoms with Gasteiger partial charge in [0.05, 0.1) is 18.0 Å². The standard InChI is InChI=1S/C15H19BrN2O2S/c1-19-13-5-3-10(8-14(13)20-2)7-11(18-17)9-12-4-6-15(16)21-12/h3-6,8,11,18H,7,9,17H2,1-2H3. The zero-order valence-electron chi connectivity index (χ0n) is 12.1. The fraction of sp³-hybridized carbons (Fsp3) is 0.333. The molecule has 0 bridgehead atoms. The summed E-state index contributed by atoms with van der Waals surface area (Å²) >= 11 is 5.21. The molecule has 3 N–H and O–H groups in total. The van der Waals surface area contributed by atoms with Gasteiger partial charge in [0, 0.05) is 10.9 Å². The second kappa shape index (κ2) is 7.79. The van der Waals surface area contributed by atoms with E-state index in [9.17, 15) is 0 Å². The van der Waals surface area contributed by atoms with Crippen molar-refractivity contribution in [1.29, 1.82) is 0 Å². The fourth-order valence-corrected chi connectivity index (χ4v) is 3.75. The third kappa shape index (κ3) is 4.44. The number of halogens is 1. The summed E-state index contributed by atoms with van der Waals surface area (Å²) in [5.41, 5.74) is 4.05. The third-order valence-corrected chi connectivity index (χ3v) is 4.89. The SMILES string of the molecule is COc1ccc(CC(Cc2ccc(Br)s2)NN)cc1OC. The average Bonchev–Trinajstić information content (AvgIpc) is 2.91. The summed E-state index contributed by atoms with van der Waals surface area (Å²) in [7, 11) is 3.28. The Morgan fingerprint density at radius 2 is 1.90 bits per heavy atom. The van der Waals surface area contributed by atoms with Crippen molar-refractivity contribution in [2.45, 2.75) is 18.9 Å². The molecule has 6 heteroatoms. The Balaban J connectivity index is 2.07. The van der Waals surface area contributed by atoms with Crippen LogP contribution in [0, 0.1) is 0 Å². The molecule has 0 fully saturated rings. The summed E-state index contributed by atoms with van der Waals surface area (Å²) in [5.74, 6) is 7.17. The minimum Gasteiger partial charge on any atom is -0.493 e. The van der Waals surface area contributed by atoms with E-state index in [0.29, 0.717) is 0 Å². The number of methoxy groups -OCH3 is 2. The molecule has 0 spiro atoms. The van der Waals surface area contributed by atoms with Gasteiger partial charge in [-0.1, -0.05) is 6.07 Å². The lowest BCUT2D eigenvalue weighted by Crippen LogP contribution is -2.38. The van der Waals surface area contributed by atoms with Gasteiger partial charge < -0.3 is 9.47 Å². The molecule has 114 valence electrons. The molecular formula is C15H19BrN2O2S. The number of hydrogen-bond donors (Lipinski definition) is 2. The lowest BCUT2D eigenvalue weighted by Gasteiger charge is -2.16. The average molecular weight is 371 g/mol. The predicted octanol–water partition coefficient (Wildman–Crippen LogP) is 3.14. The Hall–Kier alpha value is -1.08. The fourth-order valence-electron chi connectivity index (χ4n) is 2.19. The van der Waals surface area contributed by atoms with Crippen molar-refractivity contribution >= 4 is 27.3 Å². The summed E-state index contributed by atoms with van der Waals surface area (Å²) in [6.07, 6.45) is 1.72. The molecule has 21 heavy (non-hydrogen) atoms. The Morgan fingerprint density at radius 3 is 2.48 bits per heavy atom. The van der Waals surface area contributed by atoms with E-state index in [2.05, 4.69) is 33.5 Å². The predicted molar refractivity (Wildman–Crippen MR) is 90.1 cm³/mol. The molecule has 1 atom stereocenters. The lowest BCUT2D eigenvalue weighted by molar-refractivity contribution is 0.354. The van der Waals surface area contributed by atoms with Crippen molar-refractivity contribution in [1.82, 2.24) is 5.43 Å². The first kappa shape index (κ1) is 16.3. The Labute approximate surface area is 137 Å². The number of hydrogen-bond acceptors (Lipinski definition) is 5. The van der Waals surface area contributed by atoms with Crippen LogP contribution in [0.2, 0.25) is 0 Å². The second-order valence-corrected chi connectivity index (χ2v) is 7.21. The van der Waals surface area contributed by atoms with Crippen LogP contribution < -0.4 is 20.7 Å². The zero-order chi connectivity index (χ0) is 15.2. The number of nitrogens with two attached hydrogens (primary N) is 1. The minimum absolute atomic E-state index is 0.175. The molecule has 0 aliphatic carbocycles. The molecule has 1 aromatic heterocycles. The Morgan fingerprint density at radius 1 is 1.14 bits per heavy atom. The number of hydrazine groups is 1. The van der Waals surface area contributed by atoms with Gasteiger partial charge in [0.25, 0.3) is 0 Å². The topological polar surface area (TPSA) is 56.5 Å². The van der Waals surface area contributed by atoms with Gasteiger partial charge in [-0.3, -0.25) is 11.3 Å². The number of benzene rings is 1. The summed E-state index contributed by atoms with van der Waals surface area (Å²) < 4.78 is 11.7. The van der Waals surface area contributed by atoms with Gasteiger partial charge in [0.15, 0.2) is 11.5 Å². The first-order chi connectivity index (χ1) is 10.2. The van der Waals surface area contributed by atoms with Crippen LogP contribution in [0.15, 0.2) is 34.1 Å². The van der Waals surface area contributed by atoms with Gasteiger partial charge in [-0.25, -0.2) is 0 Å². The molecule has 1 unspecified atom stereocenters. The first-order valence-corrected chi connectivity index (χ1v) is 8.18. The Bertz CT molecular complexity index is 589. The molecule has 0 aliphatic heterocycles. The number of nitrogens with one attached hydrogen (secondary N) is 1. The molecule has 4 nitrogen and oxygen atoms in total. The van der Waals surface area contributed by atoms with Crippen molar-refractivity contribution in [2.75, 3.05) is 14.2 Å². The van der Waals surface area contributed by atoms with Gasteiger partial charge >= 0.3 is 0 Å². The molecule has 1 aromatic carbocycles. The van der Waals surface area contributed by atoms with Crippen LogP contribution in [0.1, 0.15) is 10.4 Å². The number of rotatable bonds is 7. The largest absolute Gasteiger partial charge is 0.493 e. The third-order valence-electron chi connectivity index (χ3n) is 3.24. The summed E-state index contributed by atoms with van der Waals surface area (Å²) in [4.78, 5) is 1.30. The minimum atomic E-state index is 0.175. The van der Waals surface area contributed by atoms with Crippen molar-refractivity contribution in [2.24, 2.45) is 5.84 Å². The molecular weight excluding hydrogens is 352 g/mol. The van der Waals surface area contributed by atoms with Crippen molar-refractivity contribution in [3.8, 4) is 11.5 Å². The highest BCUT2D eigenvalue weighted by Crippen LogP contribution is 2.28. The summed E-state index contributed by atoms with van der Waals surface area (Å²) in [5, 5.41) is 0. The monoisotopic (exact) mass is 370 g/mol. The summed E-state index contributed by atoms with van der Waals surface area (Å²) in [6.45, 7) is 0. The van der Waals surface area contributed by atoms with Gasteiger partial charge in [-0.05, 0) is 58.6 Å². The van der Waals surface area contributed by atoms with E-state index >= 15 is 0 Å². The second-order valence-electron chi connectivity index (χ2n) is 4.67. The van der Waals surface area contributed by atoms with Gasteiger partial charge in [-0.15, -0.1) is 11.3 Å². The van der Waals surface area contributed by atoms with Gasteiger partial charge in [0.2, 0.25) is 0 Å². The van der Waals surface area contributed by atoms with Crippen LogP contribution in [-0.4, -0.2) is 20.3 Å². The van der Waals surface area contributed by atoms with E-state index in [1.54, 1.807) is 25.6 Å². The smallest absolute Gasteiger partial charge is 0.160 e. The molecule has 2 aromatic rings. The Kier molecular flexibility index (Phi) is 6.05. The normalized spacial score (nSPS) is 12.2. The van der Waals surface area contributed by atoms with Gasteiger partial charge in [-0.2, -0.15) is 0 Å². The molecule has 1 heterocycles. The maximum absolute atomic E-state index is 5.69. The van der Waals surface area contributed by atoms with E-state index in [1.165, 1.54) is 4.88 Å². The van der Waals surface area contributed by atoms with E-state index in [0.717, 1.165) is 33.7 Å². The van der Waals surface area contributed by atoms with Crippen molar-refractivity contribution < 1.29 is 9.47 Å². The summed E-state index contributed by atoms with van der Waals surface area (Å²) in [6, 6.07) is 10.3. The van der Waals surface area contributed by atoms with Crippen LogP contribution in [0.25, 0.3) is 0 Å². The molecule has 0 saturated carbocycles. The first-order valence-electron chi connectivity index (χ1n) is 6.57. The zero-order valence-corrected chi connectivity index (χ0v) is 14.5. The number of ether oxygens (including phenoxy) is 2. The highest BCUT2D eigenvalue weighted by molar-refractivity contribution is 9.11. The maximum Gasteiger partial charge on any atom is 0.160 e. The van der Waals surface area contributed by atoms with Crippen LogP contribution >= 0.6 is 27.3 Å². The van der Waals surface area contributed by atoms with E-state index in [-0.39, 0.29) is 6.04 Å². The van der Waals surface area contributed by atoms with E-state index in [1.807, 2.05) is 18.2 Å². The van der Waals surface area contributed by atoms with Crippen molar-refractivity contribution in [3.63, 3.8) is 0 Å². The van der Waals surface area contributed by atoms with Crippen molar-refractivity contribution in [3.05, 3.63) is 44.6 Å². The van der Waals surface area contributed by atoms with Crippen LogP contribution in [0.3, 0.4) is 0 Å². The highest BCUT2D eigenvalue weighted by atomic mass is 79.9. The maximum atomic E-state index is 5.69. The molecule has 0 amide bonds. The molecule has 0 aliphatic rings. The highest BCUT2D eigenvalue weighted by Gasteiger charge is 2.12. The van der Waals surface area contributed by atoms with Crippen LogP contribution in [-0.2, 0) is 12.8 Å². The van der Waals surface area contributed by atoms with Crippen LogP contribution in [0.4, 0.5) is 0 Å². The van der Waals surface area contributed by atoms with E-state index < -0.39 is 0 Å².